The summed E-state index contributed by atoms with van der Waals surface area (Å²) < 4.78 is 5.94. The number of Topliss-reactive ketones (excluding diaryl/α,β-unsaturated/α-hetero) is 1. The summed E-state index contributed by atoms with van der Waals surface area (Å²) in [4.78, 5) is 15.3. The number of carbonyl (C=O) groups is 1. The van der Waals surface area contributed by atoms with Crippen molar-refractivity contribution in [2.24, 2.45) is 11.8 Å². The van der Waals surface area contributed by atoms with Crippen LogP contribution in [0.3, 0.4) is 0 Å². The first-order valence-corrected chi connectivity index (χ1v) is 9.30. The molecule has 2 aliphatic rings. The second kappa shape index (κ2) is 7.14. The molecule has 0 aliphatic carbocycles. The molecular weight excluding hydrogens is 300 g/mol. The molecule has 0 amide bonds. The van der Waals surface area contributed by atoms with Gasteiger partial charge in [-0.2, -0.15) is 0 Å². The molecule has 0 radical (unpaired) electrons. The van der Waals surface area contributed by atoms with E-state index in [1.165, 1.54) is 6.42 Å². The lowest BCUT2D eigenvalue weighted by Crippen LogP contribution is -2.47. The number of anilines is 1. The first kappa shape index (κ1) is 17.3. The Bertz CT molecular complexity index is 591. The molecule has 1 aromatic rings. The molecule has 4 atom stereocenters. The number of fused-ring (bicyclic) bond motifs is 1. The highest BCUT2D eigenvalue weighted by molar-refractivity contribution is 6.01. The lowest BCUT2D eigenvalue weighted by Gasteiger charge is -2.38. The average Bonchev–Trinajstić information content (AvgIpc) is 2.58. The molecule has 4 unspecified atom stereocenters. The van der Waals surface area contributed by atoms with Gasteiger partial charge in [-0.15, -0.1) is 0 Å². The van der Waals surface area contributed by atoms with Crippen LogP contribution in [0.2, 0.25) is 0 Å². The van der Waals surface area contributed by atoms with Gasteiger partial charge in [0, 0.05) is 18.7 Å². The monoisotopic (exact) mass is 330 g/mol. The number of carbonyl (C=O) groups excluding carboxylic acids is 1. The smallest absolute Gasteiger partial charge is 0.179 e. The molecular formula is C20H30N2O2. The van der Waals surface area contributed by atoms with Crippen molar-refractivity contribution in [3.63, 3.8) is 0 Å². The van der Waals surface area contributed by atoms with Gasteiger partial charge >= 0.3 is 0 Å². The Morgan fingerprint density at radius 3 is 2.71 bits per heavy atom. The van der Waals surface area contributed by atoms with Crippen LogP contribution in [0.15, 0.2) is 18.2 Å². The Morgan fingerprint density at radius 2 is 2.04 bits per heavy atom. The Morgan fingerprint density at radius 1 is 1.33 bits per heavy atom. The molecule has 1 fully saturated rings. The summed E-state index contributed by atoms with van der Waals surface area (Å²) in [6.45, 7) is 11.6. The molecule has 0 aromatic heterocycles. The molecule has 2 aliphatic heterocycles. The number of hydrogen-bond acceptors (Lipinski definition) is 4. The van der Waals surface area contributed by atoms with E-state index < -0.39 is 0 Å². The number of nitrogens with one attached hydrogen (secondary N) is 1. The van der Waals surface area contributed by atoms with Gasteiger partial charge in [0.2, 0.25) is 0 Å². The molecule has 24 heavy (non-hydrogen) atoms. The lowest BCUT2D eigenvalue weighted by molar-refractivity contribution is 0.0686. The molecule has 4 nitrogen and oxygen atoms in total. The van der Waals surface area contributed by atoms with Crippen molar-refractivity contribution in [1.29, 1.82) is 0 Å². The van der Waals surface area contributed by atoms with Gasteiger partial charge in [0.05, 0.1) is 18.3 Å². The third-order valence-corrected chi connectivity index (χ3v) is 5.36. The average molecular weight is 330 g/mol. The fourth-order valence-corrected chi connectivity index (χ4v) is 4.03. The third-order valence-electron chi connectivity index (χ3n) is 5.36. The van der Waals surface area contributed by atoms with E-state index in [1.54, 1.807) is 0 Å². The van der Waals surface area contributed by atoms with Gasteiger partial charge in [-0.05, 0) is 49.8 Å². The predicted molar refractivity (Wildman–Crippen MR) is 97.9 cm³/mol. The number of piperidine rings is 1. The molecule has 0 spiro atoms. The van der Waals surface area contributed by atoms with Crippen LogP contribution in [-0.2, 0) is 0 Å². The Hall–Kier alpha value is -1.55. The van der Waals surface area contributed by atoms with Crippen molar-refractivity contribution in [3.05, 3.63) is 23.8 Å². The maximum atomic E-state index is 13.0. The van der Waals surface area contributed by atoms with Crippen LogP contribution < -0.4 is 10.1 Å². The normalized spacial score (nSPS) is 28.4. The molecule has 2 heterocycles. The van der Waals surface area contributed by atoms with Crippen LogP contribution >= 0.6 is 0 Å². The van der Waals surface area contributed by atoms with Gasteiger partial charge < -0.3 is 10.1 Å². The van der Waals surface area contributed by atoms with Crippen LogP contribution in [0.4, 0.5) is 5.69 Å². The highest BCUT2D eigenvalue weighted by Crippen LogP contribution is 2.31. The Balaban J connectivity index is 1.73. The number of ether oxygens (including phenoxy) is 1. The minimum absolute atomic E-state index is 0.0684. The fraction of sp³-hybridized carbons (Fsp3) is 0.650. The lowest BCUT2D eigenvalue weighted by atomic mass is 9.90. The van der Waals surface area contributed by atoms with Gasteiger partial charge in [-0.3, -0.25) is 9.69 Å². The largest absolute Gasteiger partial charge is 0.486 e. The van der Waals surface area contributed by atoms with Crippen molar-refractivity contribution < 1.29 is 9.53 Å². The summed E-state index contributed by atoms with van der Waals surface area (Å²) in [5, 5.41) is 3.40. The predicted octanol–water partition coefficient (Wildman–Crippen LogP) is 3.82. The minimum Gasteiger partial charge on any atom is -0.486 e. The molecule has 4 heteroatoms. The summed E-state index contributed by atoms with van der Waals surface area (Å²) in [5.41, 5.74) is 1.72. The van der Waals surface area contributed by atoms with E-state index >= 15 is 0 Å². The summed E-state index contributed by atoms with van der Waals surface area (Å²) >= 11 is 0. The number of hydrogen-bond donors (Lipinski definition) is 1. The summed E-state index contributed by atoms with van der Waals surface area (Å²) in [7, 11) is 0. The van der Waals surface area contributed by atoms with Crippen LogP contribution in [-0.4, -0.2) is 42.5 Å². The summed E-state index contributed by atoms with van der Waals surface area (Å²) in [6, 6.07) is 5.73. The Kier molecular flexibility index (Phi) is 5.14. The summed E-state index contributed by atoms with van der Waals surface area (Å²) in [5.74, 6) is 2.39. The van der Waals surface area contributed by atoms with Crippen molar-refractivity contribution >= 4 is 11.5 Å². The second-order valence-electron chi connectivity index (χ2n) is 7.68. The maximum absolute atomic E-state index is 13.0. The number of nitrogens with zero attached hydrogens (tertiary/aromatic N) is 1. The van der Waals surface area contributed by atoms with Gasteiger partial charge in [0.25, 0.3) is 0 Å². The van der Waals surface area contributed by atoms with Crippen LogP contribution in [0.5, 0.6) is 5.75 Å². The molecule has 132 valence electrons. The highest BCUT2D eigenvalue weighted by atomic mass is 16.5. The molecule has 0 saturated carbocycles. The number of benzene rings is 1. The summed E-state index contributed by atoms with van der Waals surface area (Å²) in [6.07, 6.45) is 2.46. The number of likely N-dealkylation sites (tertiary alicyclic amines) is 1. The van der Waals surface area contributed by atoms with E-state index in [4.69, 9.17) is 4.74 Å². The van der Waals surface area contributed by atoms with E-state index in [-0.39, 0.29) is 17.9 Å². The van der Waals surface area contributed by atoms with E-state index in [0.29, 0.717) is 11.8 Å². The number of ketones is 1. The van der Waals surface area contributed by atoms with Crippen molar-refractivity contribution in [2.75, 3.05) is 25.0 Å². The first-order chi connectivity index (χ1) is 11.5. The zero-order chi connectivity index (χ0) is 17.3. The van der Waals surface area contributed by atoms with Crippen LogP contribution in [0.25, 0.3) is 0 Å². The third kappa shape index (κ3) is 3.59. The van der Waals surface area contributed by atoms with Crippen LogP contribution in [0.1, 0.15) is 50.9 Å². The van der Waals surface area contributed by atoms with Crippen molar-refractivity contribution in [1.82, 2.24) is 4.90 Å². The second-order valence-corrected chi connectivity index (χ2v) is 7.68. The van der Waals surface area contributed by atoms with Crippen LogP contribution in [0, 0.1) is 11.8 Å². The Labute approximate surface area is 145 Å². The van der Waals surface area contributed by atoms with Gasteiger partial charge in [0.1, 0.15) is 11.9 Å². The van der Waals surface area contributed by atoms with E-state index in [2.05, 4.69) is 31.0 Å². The van der Waals surface area contributed by atoms with Crippen molar-refractivity contribution in [3.8, 4) is 5.75 Å². The van der Waals surface area contributed by atoms with E-state index in [1.807, 2.05) is 25.1 Å². The SMILES string of the molecule is CCC1CNc2cc(C(=O)C(C)N3CC(C)CC(C)C3)ccc2O1. The standard InChI is InChI=1S/C20H30N2O2/c1-5-17-10-21-18-9-16(6-7-19(18)24-17)20(23)15(4)22-11-13(2)8-14(3)12-22/h6-7,9,13-15,17,21H,5,8,10-12H2,1-4H3. The van der Waals surface area contributed by atoms with Crippen molar-refractivity contribution in [2.45, 2.75) is 52.7 Å². The molecule has 3 rings (SSSR count). The van der Waals surface area contributed by atoms with Gasteiger partial charge in [-0.25, -0.2) is 0 Å². The zero-order valence-corrected chi connectivity index (χ0v) is 15.3. The topological polar surface area (TPSA) is 41.6 Å². The van der Waals surface area contributed by atoms with E-state index in [9.17, 15) is 4.79 Å². The fourth-order valence-electron chi connectivity index (χ4n) is 4.03. The molecule has 1 saturated heterocycles. The van der Waals surface area contributed by atoms with E-state index in [0.717, 1.165) is 43.1 Å². The molecule has 1 N–H and O–H groups in total. The minimum atomic E-state index is -0.0684. The first-order valence-electron chi connectivity index (χ1n) is 9.30. The van der Waals surface area contributed by atoms with Gasteiger partial charge in [-0.1, -0.05) is 20.8 Å². The zero-order valence-electron chi connectivity index (χ0n) is 15.3. The number of rotatable bonds is 4. The highest BCUT2D eigenvalue weighted by Gasteiger charge is 2.30. The van der Waals surface area contributed by atoms with Gasteiger partial charge in [0.15, 0.2) is 5.78 Å². The molecule has 1 aromatic carbocycles. The quantitative estimate of drug-likeness (QED) is 0.852. The maximum Gasteiger partial charge on any atom is 0.179 e. The molecule has 0 bridgehead atoms.